The Balaban J connectivity index is 1.78. The highest BCUT2D eigenvalue weighted by Crippen LogP contribution is 2.16. The first-order valence-electron chi connectivity index (χ1n) is 9.41. The van der Waals surface area contributed by atoms with E-state index in [4.69, 9.17) is 11.6 Å². The van der Waals surface area contributed by atoms with Gasteiger partial charge in [0.1, 0.15) is 0 Å². The summed E-state index contributed by atoms with van der Waals surface area (Å²) in [6, 6.07) is 16.3. The number of hydrogen-bond acceptors (Lipinski definition) is 4. The number of carbonyl (C=O) groups excluding carboxylic acids is 1. The van der Waals surface area contributed by atoms with Gasteiger partial charge >= 0.3 is 6.03 Å². The Hall–Kier alpha value is -3.45. The van der Waals surface area contributed by atoms with Gasteiger partial charge in [0, 0.05) is 22.1 Å². The molecule has 0 aliphatic rings. The molecule has 0 bridgehead atoms. The molecule has 0 spiro atoms. The van der Waals surface area contributed by atoms with Crippen LogP contribution in [0.2, 0.25) is 5.02 Å². The van der Waals surface area contributed by atoms with Crippen molar-refractivity contribution < 1.29 is 4.79 Å². The first kappa shape index (κ1) is 21.3. The monoisotopic (exact) mass is 422 g/mol. The van der Waals surface area contributed by atoms with E-state index < -0.39 is 6.03 Å². The van der Waals surface area contributed by atoms with E-state index in [1.54, 1.807) is 6.07 Å². The second-order valence-corrected chi connectivity index (χ2v) is 7.21. The van der Waals surface area contributed by atoms with Crippen LogP contribution in [0.5, 0.6) is 0 Å². The van der Waals surface area contributed by atoms with Gasteiger partial charge in [0.2, 0.25) is 11.9 Å². The topological polar surface area (TPSA) is 91.3 Å². The minimum absolute atomic E-state index is 0.213. The Morgan fingerprint density at radius 3 is 2.30 bits per heavy atom. The predicted octanol–water partition coefficient (Wildman–Crippen LogP) is 4.85. The molecular weight excluding hydrogens is 400 g/mol. The number of hydrogen-bond donors (Lipinski definition) is 3. The van der Waals surface area contributed by atoms with E-state index in [0.29, 0.717) is 16.7 Å². The second-order valence-electron chi connectivity index (χ2n) is 6.80. The van der Waals surface area contributed by atoms with E-state index in [0.717, 1.165) is 22.5 Å². The number of carbonyl (C=O) groups is 1. The van der Waals surface area contributed by atoms with Crippen molar-refractivity contribution in [1.82, 2.24) is 15.3 Å². The number of urea groups is 1. The molecule has 0 fully saturated rings. The van der Waals surface area contributed by atoms with Gasteiger partial charge in [-0.3, -0.25) is 10.6 Å². The standard InChI is InChI=1S/C22H23ClN6O/c1-14-8-10-18(11-9-14)27-22(30)29-20(24-13-17-6-4-5-7-19(17)23)28-21-25-15(2)12-16(3)26-21/h4-12H,13H2,1-3H3,(H3,24,25,26,27,28,29,30). The number of anilines is 2. The zero-order chi connectivity index (χ0) is 21.5. The van der Waals surface area contributed by atoms with Crippen LogP contribution in [-0.4, -0.2) is 22.0 Å². The summed E-state index contributed by atoms with van der Waals surface area (Å²) in [5.41, 5.74) is 4.22. The van der Waals surface area contributed by atoms with Gasteiger partial charge < -0.3 is 5.32 Å². The molecule has 154 valence electrons. The second kappa shape index (κ2) is 9.84. The number of halogens is 1. The molecule has 3 rings (SSSR count). The fraction of sp³-hybridized carbons (Fsp3) is 0.182. The molecule has 7 nitrogen and oxygen atoms in total. The number of aromatic nitrogens is 2. The third kappa shape index (κ3) is 6.28. The molecule has 0 atom stereocenters. The summed E-state index contributed by atoms with van der Waals surface area (Å²) in [5.74, 6) is 0.561. The third-order valence-corrected chi connectivity index (χ3v) is 4.49. The van der Waals surface area contributed by atoms with Crippen molar-refractivity contribution in [3.05, 3.63) is 82.1 Å². The van der Waals surface area contributed by atoms with Gasteiger partial charge in [0.15, 0.2) is 0 Å². The number of aliphatic imine (C=N–C) groups is 1. The number of amides is 2. The molecule has 8 heteroatoms. The van der Waals surface area contributed by atoms with Crippen molar-refractivity contribution in [1.29, 1.82) is 0 Å². The zero-order valence-electron chi connectivity index (χ0n) is 17.0. The number of aryl methyl sites for hydroxylation is 3. The molecule has 0 radical (unpaired) electrons. The highest BCUT2D eigenvalue weighted by molar-refractivity contribution is 6.31. The van der Waals surface area contributed by atoms with Gasteiger partial charge in [0.25, 0.3) is 0 Å². The van der Waals surface area contributed by atoms with Crippen LogP contribution in [0, 0.1) is 20.8 Å². The third-order valence-electron chi connectivity index (χ3n) is 4.12. The zero-order valence-corrected chi connectivity index (χ0v) is 17.8. The molecule has 0 aliphatic heterocycles. The Morgan fingerprint density at radius 1 is 0.967 bits per heavy atom. The summed E-state index contributed by atoms with van der Waals surface area (Å²) < 4.78 is 0. The van der Waals surface area contributed by atoms with E-state index >= 15 is 0 Å². The van der Waals surface area contributed by atoms with Crippen LogP contribution in [-0.2, 0) is 6.54 Å². The molecule has 3 aromatic rings. The van der Waals surface area contributed by atoms with E-state index in [9.17, 15) is 4.79 Å². The van der Waals surface area contributed by atoms with Gasteiger partial charge in [-0.05, 0) is 50.6 Å². The largest absolute Gasteiger partial charge is 0.326 e. The van der Waals surface area contributed by atoms with Gasteiger partial charge in [0.05, 0.1) is 6.54 Å². The maximum Gasteiger partial charge on any atom is 0.326 e. The Labute approximate surface area is 180 Å². The summed E-state index contributed by atoms with van der Waals surface area (Å²) in [5, 5.41) is 9.10. The average molecular weight is 423 g/mol. The van der Waals surface area contributed by atoms with Crippen molar-refractivity contribution in [3.8, 4) is 0 Å². The van der Waals surface area contributed by atoms with Crippen molar-refractivity contribution >= 4 is 35.2 Å². The predicted molar refractivity (Wildman–Crippen MR) is 121 cm³/mol. The van der Waals surface area contributed by atoms with Gasteiger partial charge in [-0.1, -0.05) is 47.5 Å². The number of rotatable bonds is 4. The summed E-state index contributed by atoms with van der Waals surface area (Å²) in [4.78, 5) is 25.7. The molecular formula is C22H23ClN6O. The highest BCUT2D eigenvalue weighted by Gasteiger charge is 2.10. The van der Waals surface area contributed by atoms with Crippen LogP contribution in [0.25, 0.3) is 0 Å². The SMILES string of the molecule is Cc1ccc(NC(=O)NC(=NCc2ccccc2Cl)Nc2nc(C)cc(C)n2)cc1. The summed E-state index contributed by atoms with van der Waals surface area (Å²) >= 11 is 6.22. The van der Waals surface area contributed by atoms with E-state index in [2.05, 4.69) is 30.9 Å². The molecule has 1 aromatic heterocycles. The van der Waals surface area contributed by atoms with Crippen LogP contribution in [0.4, 0.5) is 16.4 Å². The lowest BCUT2D eigenvalue weighted by molar-refractivity contribution is 0.256. The Bertz CT molecular complexity index is 1050. The maximum atomic E-state index is 12.5. The fourth-order valence-electron chi connectivity index (χ4n) is 2.70. The lowest BCUT2D eigenvalue weighted by Gasteiger charge is -2.13. The molecule has 30 heavy (non-hydrogen) atoms. The normalized spacial score (nSPS) is 11.1. The smallest absolute Gasteiger partial charge is 0.308 e. The van der Waals surface area contributed by atoms with Crippen molar-refractivity contribution in [2.24, 2.45) is 4.99 Å². The Kier molecular flexibility index (Phi) is 6.98. The molecule has 1 heterocycles. The lowest BCUT2D eigenvalue weighted by Crippen LogP contribution is -2.39. The van der Waals surface area contributed by atoms with Crippen LogP contribution in [0.15, 0.2) is 59.6 Å². The highest BCUT2D eigenvalue weighted by atomic mass is 35.5. The number of nitrogens with one attached hydrogen (secondary N) is 3. The van der Waals surface area contributed by atoms with Gasteiger partial charge in [-0.15, -0.1) is 0 Å². The van der Waals surface area contributed by atoms with Crippen LogP contribution < -0.4 is 16.0 Å². The van der Waals surface area contributed by atoms with Crippen molar-refractivity contribution in [3.63, 3.8) is 0 Å². The average Bonchev–Trinajstić information content (AvgIpc) is 2.68. The van der Waals surface area contributed by atoms with Crippen molar-refractivity contribution in [2.75, 3.05) is 10.6 Å². The molecule has 2 aromatic carbocycles. The van der Waals surface area contributed by atoms with Crippen LogP contribution in [0.1, 0.15) is 22.5 Å². The molecule has 2 amide bonds. The molecule has 0 saturated heterocycles. The lowest BCUT2D eigenvalue weighted by atomic mass is 10.2. The maximum absolute atomic E-state index is 12.5. The van der Waals surface area contributed by atoms with E-state index in [-0.39, 0.29) is 12.5 Å². The molecule has 0 aliphatic carbocycles. The first-order valence-corrected chi connectivity index (χ1v) is 9.78. The van der Waals surface area contributed by atoms with Crippen LogP contribution in [0.3, 0.4) is 0 Å². The van der Waals surface area contributed by atoms with Crippen molar-refractivity contribution in [2.45, 2.75) is 27.3 Å². The summed E-state index contributed by atoms with van der Waals surface area (Å²) in [6.45, 7) is 6.00. The van der Waals surface area contributed by atoms with E-state index in [1.807, 2.05) is 69.3 Å². The number of benzene rings is 2. The minimum Gasteiger partial charge on any atom is -0.308 e. The Morgan fingerprint density at radius 2 is 1.63 bits per heavy atom. The molecule has 0 saturated carbocycles. The van der Waals surface area contributed by atoms with E-state index in [1.165, 1.54) is 0 Å². The van der Waals surface area contributed by atoms with Gasteiger partial charge in [-0.25, -0.2) is 19.8 Å². The quantitative estimate of drug-likeness (QED) is 0.414. The van der Waals surface area contributed by atoms with Crippen LogP contribution >= 0.6 is 11.6 Å². The summed E-state index contributed by atoms with van der Waals surface area (Å²) in [7, 11) is 0. The summed E-state index contributed by atoms with van der Waals surface area (Å²) in [6.07, 6.45) is 0. The number of nitrogens with zero attached hydrogens (tertiary/aromatic N) is 3. The first-order chi connectivity index (χ1) is 14.4. The van der Waals surface area contributed by atoms with Gasteiger partial charge in [-0.2, -0.15) is 0 Å². The molecule has 3 N–H and O–H groups in total. The number of guanidine groups is 1. The fourth-order valence-corrected chi connectivity index (χ4v) is 2.89. The molecule has 0 unspecified atom stereocenters. The minimum atomic E-state index is -0.436.